The van der Waals surface area contributed by atoms with Crippen LogP contribution in [0.25, 0.3) is 0 Å². The van der Waals surface area contributed by atoms with E-state index in [0.29, 0.717) is 12.0 Å². The van der Waals surface area contributed by atoms with Gasteiger partial charge < -0.3 is 12.7 Å². The van der Waals surface area contributed by atoms with Crippen molar-refractivity contribution in [1.82, 2.24) is 6.15 Å². The topological polar surface area (TPSA) is 110 Å². The smallest absolute Gasteiger partial charge is 1.00 e. The molecular weight excluding hydrogens is 205 g/mol. The summed E-state index contributed by atoms with van der Waals surface area (Å²) < 4.78 is 29.9. The van der Waals surface area contributed by atoms with E-state index < -0.39 is 15.1 Å². The van der Waals surface area contributed by atoms with Gasteiger partial charge in [-0.2, -0.15) is 8.42 Å². The summed E-state index contributed by atoms with van der Waals surface area (Å²) in [7, 11) is -4.36. The van der Waals surface area contributed by atoms with Crippen LogP contribution in [0.4, 0.5) is 0 Å². The molecule has 0 saturated carbocycles. The van der Waals surface area contributed by atoms with E-state index in [1.54, 1.807) is 6.08 Å². The van der Waals surface area contributed by atoms with E-state index >= 15 is 0 Å². The zero-order chi connectivity index (χ0) is 8.70. The van der Waals surface area contributed by atoms with Crippen LogP contribution in [0.5, 0.6) is 0 Å². The van der Waals surface area contributed by atoms with Crippen molar-refractivity contribution in [2.75, 3.05) is 0 Å². The van der Waals surface area contributed by atoms with E-state index in [1.807, 2.05) is 0 Å². The van der Waals surface area contributed by atoms with Crippen molar-refractivity contribution in [2.24, 2.45) is 0 Å². The fraction of sp³-hybridized carbons (Fsp3) is 0.667. The van der Waals surface area contributed by atoms with Crippen LogP contribution in [-0.2, 0) is 10.1 Å². The van der Waals surface area contributed by atoms with Gasteiger partial charge in [0.25, 0.3) is 10.1 Å². The summed E-state index contributed by atoms with van der Waals surface area (Å²) in [4.78, 5) is -2.02. The van der Waals surface area contributed by atoms with Gasteiger partial charge in [0, 0.05) is 0 Å². The quantitative estimate of drug-likeness (QED) is 0.278. The average molecular weight is 219 g/mol. The zero-order valence-corrected chi connectivity index (χ0v) is 10.6. The summed E-state index contributed by atoms with van der Waals surface area (Å²) in [6.07, 6.45) is 2.04. The van der Waals surface area contributed by atoms with Crippen LogP contribution in [0.2, 0.25) is 0 Å². The van der Waals surface area contributed by atoms with Gasteiger partial charge in [0.15, 0.2) is 0 Å². The van der Waals surface area contributed by atoms with Crippen molar-refractivity contribution in [1.29, 1.82) is 0 Å². The van der Waals surface area contributed by atoms with Gasteiger partial charge in [-0.1, -0.05) is 13.0 Å². The standard InChI is InChI=1S/C6H10O4S.H3N.Na.H/c1-2-6(7,5-3-4-5)11(8,9)10;;;/h3,7H,2,4H2,1H3,(H,8,9,10);1H3;;/q;;+1;-1. The third-order valence-electron chi connectivity index (χ3n) is 1.82. The van der Waals surface area contributed by atoms with E-state index in [-0.39, 0.29) is 43.6 Å². The van der Waals surface area contributed by atoms with Crippen molar-refractivity contribution < 1.29 is 49.1 Å². The van der Waals surface area contributed by atoms with Gasteiger partial charge in [-0.3, -0.25) is 4.55 Å². The predicted molar refractivity (Wildman–Crippen MR) is 45.6 cm³/mol. The molecule has 0 fully saturated rings. The fourth-order valence-electron chi connectivity index (χ4n) is 0.945. The molecule has 0 amide bonds. The largest absolute Gasteiger partial charge is 1.00 e. The van der Waals surface area contributed by atoms with Gasteiger partial charge >= 0.3 is 29.6 Å². The molecule has 0 bridgehead atoms. The third kappa shape index (κ3) is 3.02. The summed E-state index contributed by atoms with van der Waals surface area (Å²) in [6.45, 7) is 1.51. The number of rotatable bonds is 3. The van der Waals surface area contributed by atoms with Crippen LogP contribution >= 0.6 is 0 Å². The normalized spacial score (nSPS) is 18.8. The zero-order valence-electron chi connectivity index (χ0n) is 8.82. The van der Waals surface area contributed by atoms with Crippen LogP contribution in [-0.4, -0.2) is 23.0 Å². The Kier molecular flexibility index (Phi) is 6.01. The van der Waals surface area contributed by atoms with Crippen LogP contribution in [0.1, 0.15) is 21.2 Å². The SMILES string of the molecule is CCC(O)(C1=CC1)S(=O)(=O)O.N.[H-].[Na+]. The molecular formula is C6H14NNaO4S. The number of aliphatic hydroxyl groups is 1. The molecule has 0 aromatic heterocycles. The summed E-state index contributed by atoms with van der Waals surface area (Å²) in [5.74, 6) is 0. The van der Waals surface area contributed by atoms with Crippen molar-refractivity contribution in [3.05, 3.63) is 11.6 Å². The summed E-state index contributed by atoms with van der Waals surface area (Å²) >= 11 is 0. The Bertz CT molecular complexity index is 305. The van der Waals surface area contributed by atoms with Gasteiger partial charge in [-0.05, 0) is 18.4 Å². The molecule has 74 valence electrons. The Morgan fingerprint density at radius 3 is 2.15 bits per heavy atom. The molecule has 1 rings (SSSR count). The van der Waals surface area contributed by atoms with Gasteiger partial charge in [-0.25, -0.2) is 0 Å². The summed E-state index contributed by atoms with van der Waals surface area (Å²) in [5.41, 5.74) is 0.391. The Morgan fingerprint density at radius 2 is 2.08 bits per heavy atom. The molecule has 0 saturated heterocycles. The first-order valence-corrected chi connectivity index (χ1v) is 4.74. The van der Waals surface area contributed by atoms with Crippen LogP contribution in [0, 0.1) is 0 Å². The molecule has 1 unspecified atom stereocenters. The van der Waals surface area contributed by atoms with E-state index in [1.165, 1.54) is 6.92 Å². The molecule has 1 aliphatic carbocycles. The maximum absolute atomic E-state index is 10.6. The second-order valence-electron chi connectivity index (χ2n) is 2.55. The molecule has 13 heavy (non-hydrogen) atoms. The van der Waals surface area contributed by atoms with Crippen molar-refractivity contribution in [3.63, 3.8) is 0 Å². The number of allylic oxidation sites excluding steroid dienone is 1. The van der Waals surface area contributed by atoms with E-state index in [9.17, 15) is 13.5 Å². The molecule has 0 heterocycles. The van der Waals surface area contributed by atoms with Crippen molar-refractivity contribution in [3.8, 4) is 0 Å². The van der Waals surface area contributed by atoms with Gasteiger partial charge in [0.1, 0.15) is 0 Å². The Morgan fingerprint density at radius 1 is 1.69 bits per heavy atom. The van der Waals surface area contributed by atoms with Crippen molar-refractivity contribution in [2.45, 2.75) is 24.7 Å². The van der Waals surface area contributed by atoms with Gasteiger partial charge in [-0.15, -0.1) is 0 Å². The van der Waals surface area contributed by atoms with Crippen LogP contribution in [0.15, 0.2) is 11.6 Å². The molecule has 5 N–H and O–H groups in total. The summed E-state index contributed by atoms with van der Waals surface area (Å²) in [6, 6.07) is 0. The first-order valence-electron chi connectivity index (χ1n) is 3.30. The fourth-order valence-corrected chi connectivity index (χ4v) is 1.81. The molecule has 0 spiro atoms. The first-order chi connectivity index (χ1) is 4.92. The van der Waals surface area contributed by atoms with E-state index in [2.05, 4.69) is 0 Å². The summed E-state index contributed by atoms with van der Waals surface area (Å²) in [5, 5.41) is 9.39. The molecule has 0 aromatic carbocycles. The predicted octanol–water partition coefficient (Wildman–Crippen LogP) is -2.42. The second-order valence-corrected chi connectivity index (χ2v) is 4.17. The molecule has 5 nitrogen and oxygen atoms in total. The van der Waals surface area contributed by atoms with Crippen LogP contribution in [0.3, 0.4) is 0 Å². The molecule has 0 radical (unpaired) electrons. The van der Waals surface area contributed by atoms with E-state index in [4.69, 9.17) is 4.55 Å². The maximum atomic E-state index is 10.6. The Hall–Kier alpha value is 0.570. The number of hydrogen-bond acceptors (Lipinski definition) is 4. The minimum atomic E-state index is -4.36. The van der Waals surface area contributed by atoms with Crippen LogP contribution < -0.4 is 35.7 Å². The van der Waals surface area contributed by atoms with Gasteiger partial charge in [0.05, 0.1) is 0 Å². The average Bonchev–Trinajstić information content (AvgIpc) is 2.64. The van der Waals surface area contributed by atoms with Crippen molar-refractivity contribution >= 4 is 10.1 Å². The molecule has 0 aromatic rings. The monoisotopic (exact) mass is 219 g/mol. The number of hydrogen-bond donors (Lipinski definition) is 3. The maximum Gasteiger partial charge on any atom is 1.00 e. The minimum Gasteiger partial charge on any atom is -1.00 e. The Labute approximate surface area is 101 Å². The molecule has 0 aliphatic heterocycles. The van der Waals surface area contributed by atoms with Gasteiger partial charge in [0.2, 0.25) is 4.93 Å². The van der Waals surface area contributed by atoms with E-state index in [0.717, 1.165) is 0 Å². The first kappa shape index (κ1) is 16.0. The third-order valence-corrected chi connectivity index (χ3v) is 3.22. The molecule has 7 heteroatoms. The minimum absolute atomic E-state index is 0. The second kappa shape index (κ2) is 4.88. The Balaban J connectivity index is -0.000000403. The molecule has 1 atom stereocenters. The molecule has 1 aliphatic rings.